The number of ether oxygens (including phenoxy) is 1. The molecule has 1 heterocycles. The Morgan fingerprint density at radius 1 is 1.47 bits per heavy atom. The predicted molar refractivity (Wildman–Crippen MR) is 69.9 cm³/mol. The number of halogens is 2. The number of hydrogen-bond donors (Lipinski definition) is 0. The van der Waals surface area contributed by atoms with E-state index in [0.29, 0.717) is 0 Å². The van der Waals surface area contributed by atoms with Crippen molar-refractivity contribution in [2.45, 2.75) is 12.3 Å². The highest BCUT2D eigenvalue weighted by molar-refractivity contribution is 9.10. The van der Waals surface area contributed by atoms with Crippen molar-refractivity contribution in [1.29, 1.82) is 0 Å². The van der Waals surface area contributed by atoms with Crippen LogP contribution in [0.25, 0.3) is 5.69 Å². The Hall–Kier alpha value is -1.07. The van der Waals surface area contributed by atoms with Crippen molar-refractivity contribution in [3.05, 3.63) is 34.6 Å². The highest BCUT2D eigenvalue weighted by atomic mass is 79.9. The Labute approximate surface area is 113 Å². The maximum absolute atomic E-state index is 5.95. The van der Waals surface area contributed by atoms with Gasteiger partial charge in [-0.1, -0.05) is 5.21 Å². The van der Waals surface area contributed by atoms with Crippen molar-refractivity contribution in [3.8, 4) is 11.4 Å². The third-order valence-corrected chi connectivity index (χ3v) is 3.21. The molecule has 0 saturated carbocycles. The number of aromatic nitrogens is 3. The van der Waals surface area contributed by atoms with Gasteiger partial charge in [0.25, 0.3) is 0 Å². The lowest BCUT2D eigenvalue weighted by Gasteiger charge is -2.06. The summed E-state index contributed by atoms with van der Waals surface area (Å²) in [5.41, 5.74) is 1.60. The zero-order chi connectivity index (χ0) is 12.4. The summed E-state index contributed by atoms with van der Waals surface area (Å²) in [5, 5.41) is 7.89. The molecular formula is C11H11BrClN3O. The average molecular weight is 317 g/mol. The predicted octanol–water partition coefficient (Wildman–Crippen LogP) is 3.34. The second kappa shape index (κ2) is 5.06. The summed E-state index contributed by atoms with van der Waals surface area (Å²) in [6.45, 7) is 1.86. The Bertz CT molecular complexity index is 527. The van der Waals surface area contributed by atoms with Crippen LogP contribution in [-0.2, 0) is 0 Å². The average Bonchev–Trinajstić information content (AvgIpc) is 2.79. The second-order valence-corrected chi connectivity index (χ2v) is 5.03. The van der Waals surface area contributed by atoms with E-state index in [4.69, 9.17) is 16.3 Å². The van der Waals surface area contributed by atoms with E-state index < -0.39 is 0 Å². The number of nitrogens with zero attached hydrogens (tertiary/aromatic N) is 3. The molecule has 0 N–H and O–H groups in total. The third kappa shape index (κ3) is 2.61. The summed E-state index contributed by atoms with van der Waals surface area (Å²) < 4.78 is 7.76. The SMILES string of the molecule is COc1ccc(Br)c(-n2cc(C(C)Cl)nn2)c1. The van der Waals surface area contributed by atoms with Crippen molar-refractivity contribution >= 4 is 27.5 Å². The van der Waals surface area contributed by atoms with E-state index in [2.05, 4.69) is 26.2 Å². The van der Waals surface area contributed by atoms with Crippen LogP contribution in [0.4, 0.5) is 0 Å². The molecule has 0 fully saturated rings. The van der Waals surface area contributed by atoms with Gasteiger partial charge in [-0.25, -0.2) is 4.68 Å². The molecule has 0 aliphatic carbocycles. The topological polar surface area (TPSA) is 39.9 Å². The minimum absolute atomic E-state index is 0.159. The van der Waals surface area contributed by atoms with Gasteiger partial charge >= 0.3 is 0 Å². The Kier molecular flexibility index (Phi) is 3.69. The molecule has 2 aromatic rings. The number of rotatable bonds is 3. The van der Waals surface area contributed by atoms with Crippen molar-refractivity contribution in [2.24, 2.45) is 0 Å². The minimum atomic E-state index is -0.159. The molecule has 17 heavy (non-hydrogen) atoms. The highest BCUT2D eigenvalue weighted by Crippen LogP contribution is 2.26. The van der Waals surface area contributed by atoms with Gasteiger partial charge < -0.3 is 4.74 Å². The Morgan fingerprint density at radius 2 is 2.24 bits per heavy atom. The normalized spacial score (nSPS) is 12.5. The standard InChI is InChI=1S/C11H11BrClN3O/c1-7(13)10-6-16(15-14-10)11-5-8(17-2)3-4-9(11)12/h3-7H,1-2H3. The molecule has 1 aromatic carbocycles. The van der Waals surface area contributed by atoms with Crippen LogP contribution < -0.4 is 4.74 Å². The molecule has 4 nitrogen and oxygen atoms in total. The molecule has 1 unspecified atom stereocenters. The lowest BCUT2D eigenvalue weighted by molar-refractivity contribution is 0.414. The highest BCUT2D eigenvalue weighted by Gasteiger charge is 2.10. The second-order valence-electron chi connectivity index (χ2n) is 3.52. The van der Waals surface area contributed by atoms with Gasteiger partial charge in [0.2, 0.25) is 0 Å². The van der Waals surface area contributed by atoms with Crippen LogP contribution in [0.1, 0.15) is 18.0 Å². The van der Waals surface area contributed by atoms with Crippen LogP contribution in [0.15, 0.2) is 28.9 Å². The van der Waals surface area contributed by atoms with Crippen LogP contribution in [-0.4, -0.2) is 22.1 Å². The molecule has 0 aliphatic rings. The summed E-state index contributed by atoms with van der Waals surface area (Å²) in [7, 11) is 1.63. The number of hydrogen-bond acceptors (Lipinski definition) is 3. The molecule has 0 aliphatic heterocycles. The van der Waals surface area contributed by atoms with Gasteiger partial charge in [0.1, 0.15) is 11.4 Å². The fourth-order valence-electron chi connectivity index (χ4n) is 1.37. The molecule has 0 bridgehead atoms. The van der Waals surface area contributed by atoms with Gasteiger partial charge in [0, 0.05) is 10.5 Å². The van der Waals surface area contributed by atoms with Gasteiger partial charge in [-0.2, -0.15) is 0 Å². The molecule has 6 heteroatoms. The van der Waals surface area contributed by atoms with E-state index in [1.807, 2.05) is 25.1 Å². The lowest BCUT2D eigenvalue weighted by atomic mass is 10.3. The van der Waals surface area contributed by atoms with E-state index in [-0.39, 0.29) is 5.38 Å². The monoisotopic (exact) mass is 315 g/mol. The maximum Gasteiger partial charge on any atom is 0.121 e. The summed E-state index contributed by atoms with van der Waals surface area (Å²) in [6.07, 6.45) is 1.80. The van der Waals surface area contributed by atoms with Gasteiger partial charge in [-0.3, -0.25) is 0 Å². The fourth-order valence-corrected chi connectivity index (χ4v) is 1.90. The van der Waals surface area contributed by atoms with E-state index >= 15 is 0 Å². The first kappa shape index (κ1) is 12.4. The van der Waals surface area contributed by atoms with Gasteiger partial charge in [0.05, 0.1) is 24.4 Å². The van der Waals surface area contributed by atoms with Crippen LogP contribution in [0.5, 0.6) is 5.75 Å². The van der Waals surface area contributed by atoms with Crippen molar-refractivity contribution in [1.82, 2.24) is 15.0 Å². The zero-order valence-corrected chi connectivity index (χ0v) is 11.7. The molecule has 2 rings (SSSR count). The van der Waals surface area contributed by atoms with Crippen LogP contribution >= 0.6 is 27.5 Å². The van der Waals surface area contributed by atoms with Crippen molar-refractivity contribution in [3.63, 3.8) is 0 Å². The molecule has 1 aromatic heterocycles. The van der Waals surface area contributed by atoms with Crippen LogP contribution in [0, 0.1) is 0 Å². The molecule has 0 saturated heterocycles. The molecular weight excluding hydrogens is 305 g/mol. The lowest BCUT2D eigenvalue weighted by Crippen LogP contribution is -1.97. The van der Waals surface area contributed by atoms with E-state index in [1.54, 1.807) is 18.0 Å². The van der Waals surface area contributed by atoms with Gasteiger partial charge in [-0.05, 0) is 35.0 Å². The van der Waals surface area contributed by atoms with Crippen LogP contribution in [0.3, 0.4) is 0 Å². The zero-order valence-electron chi connectivity index (χ0n) is 9.39. The van der Waals surface area contributed by atoms with Crippen LogP contribution in [0.2, 0.25) is 0 Å². The first-order valence-corrected chi connectivity index (χ1v) is 6.25. The first-order valence-electron chi connectivity index (χ1n) is 5.02. The summed E-state index contributed by atoms with van der Waals surface area (Å²) in [4.78, 5) is 0. The Balaban J connectivity index is 2.44. The molecule has 90 valence electrons. The molecule has 0 amide bonds. The molecule has 0 spiro atoms. The van der Waals surface area contributed by atoms with E-state index in [0.717, 1.165) is 21.6 Å². The number of methoxy groups -OCH3 is 1. The summed E-state index contributed by atoms with van der Waals surface area (Å²) in [6, 6.07) is 5.65. The Morgan fingerprint density at radius 3 is 2.82 bits per heavy atom. The molecule has 1 atom stereocenters. The third-order valence-electron chi connectivity index (χ3n) is 2.32. The summed E-state index contributed by atoms with van der Waals surface area (Å²) >= 11 is 9.42. The van der Waals surface area contributed by atoms with Gasteiger partial charge in [-0.15, -0.1) is 16.7 Å². The fraction of sp³-hybridized carbons (Fsp3) is 0.273. The van der Waals surface area contributed by atoms with E-state index in [1.165, 1.54) is 0 Å². The van der Waals surface area contributed by atoms with Crippen molar-refractivity contribution < 1.29 is 4.74 Å². The molecule has 0 radical (unpaired) electrons. The largest absolute Gasteiger partial charge is 0.497 e. The van der Waals surface area contributed by atoms with E-state index in [9.17, 15) is 0 Å². The minimum Gasteiger partial charge on any atom is -0.497 e. The quantitative estimate of drug-likeness (QED) is 0.815. The van der Waals surface area contributed by atoms with Crippen molar-refractivity contribution in [2.75, 3.05) is 7.11 Å². The van der Waals surface area contributed by atoms with Gasteiger partial charge in [0.15, 0.2) is 0 Å². The summed E-state index contributed by atoms with van der Waals surface area (Å²) in [5.74, 6) is 0.763. The first-order chi connectivity index (χ1) is 8.11. The number of benzene rings is 1. The maximum atomic E-state index is 5.95. The smallest absolute Gasteiger partial charge is 0.121 e. The number of alkyl halides is 1.